The number of nitrogens with one attached hydrogen (secondary N) is 1. The van der Waals surface area contributed by atoms with Gasteiger partial charge in [-0.1, -0.05) is 57.2 Å². The highest BCUT2D eigenvalue weighted by Crippen LogP contribution is 2.23. The lowest BCUT2D eigenvalue weighted by molar-refractivity contribution is 0.0949. The molecule has 0 radical (unpaired) electrons. The summed E-state index contributed by atoms with van der Waals surface area (Å²) in [7, 11) is 0. The van der Waals surface area contributed by atoms with Crippen molar-refractivity contribution in [3.05, 3.63) is 65.2 Å². The second-order valence-corrected chi connectivity index (χ2v) is 7.75. The van der Waals surface area contributed by atoms with Gasteiger partial charge in [-0.15, -0.1) is 0 Å². The molecule has 0 atom stereocenters. The lowest BCUT2D eigenvalue weighted by Crippen LogP contribution is -2.37. The van der Waals surface area contributed by atoms with Gasteiger partial charge in [0.1, 0.15) is 0 Å². The van der Waals surface area contributed by atoms with Crippen LogP contribution in [-0.4, -0.2) is 32.2 Å². The Balaban J connectivity index is 1.67. The summed E-state index contributed by atoms with van der Waals surface area (Å²) in [6, 6.07) is 16.3. The quantitative estimate of drug-likeness (QED) is 0.911. The zero-order valence-corrected chi connectivity index (χ0v) is 15.9. The van der Waals surface area contributed by atoms with Crippen LogP contribution in [-0.2, 0) is 16.7 Å². The number of hydrogen-bond acceptors (Lipinski definition) is 3. The van der Waals surface area contributed by atoms with Crippen molar-refractivity contribution >= 4 is 11.6 Å². The summed E-state index contributed by atoms with van der Waals surface area (Å²) in [6.45, 7) is 10.2. The van der Waals surface area contributed by atoms with Gasteiger partial charge in [-0.3, -0.25) is 4.79 Å². The number of para-hydroxylation sites is 1. The van der Waals surface area contributed by atoms with E-state index in [0.717, 1.165) is 29.9 Å². The maximum atomic E-state index is 12.7. The zero-order valence-electron chi connectivity index (χ0n) is 15.9. The summed E-state index contributed by atoms with van der Waals surface area (Å²) in [5.74, 6) is -0.0352. The van der Waals surface area contributed by atoms with Crippen molar-refractivity contribution in [3.63, 3.8) is 0 Å². The number of ether oxygens (including phenoxy) is 1. The van der Waals surface area contributed by atoms with Crippen LogP contribution < -0.4 is 10.2 Å². The third-order valence-corrected chi connectivity index (χ3v) is 4.77. The lowest BCUT2D eigenvalue weighted by atomic mass is 9.87. The molecule has 4 heteroatoms. The van der Waals surface area contributed by atoms with E-state index in [-0.39, 0.29) is 11.3 Å². The minimum Gasteiger partial charge on any atom is -0.378 e. The Hall–Kier alpha value is -2.33. The van der Waals surface area contributed by atoms with Crippen LogP contribution in [0.25, 0.3) is 0 Å². The topological polar surface area (TPSA) is 41.6 Å². The van der Waals surface area contributed by atoms with Gasteiger partial charge in [-0.05, 0) is 28.7 Å². The molecule has 1 heterocycles. The zero-order chi connectivity index (χ0) is 18.6. The molecule has 3 rings (SSSR count). The van der Waals surface area contributed by atoms with E-state index in [2.05, 4.69) is 55.3 Å². The number of benzene rings is 2. The molecule has 2 aromatic carbocycles. The monoisotopic (exact) mass is 352 g/mol. The van der Waals surface area contributed by atoms with Gasteiger partial charge in [0.2, 0.25) is 0 Å². The average molecular weight is 352 g/mol. The fourth-order valence-corrected chi connectivity index (χ4v) is 3.15. The molecular weight excluding hydrogens is 324 g/mol. The molecule has 0 saturated carbocycles. The van der Waals surface area contributed by atoms with Gasteiger partial charge in [0.05, 0.1) is 18.8 Å². The van der Waals surface area contributed by atoms with Crippen LogP contribution >= 0.6 is 0 Å². The number of rotatable bonds is 4. The summed E-state index contributed by atoms with van der Waals surface area (Å²) in [5, 5.41) is 3.06. The third-order valence-electron chi connectivity index (χ3n) is 4.77. The SMILES string of the molecule is CC(C)(C)c1ccc(CNC(=O)c2ccccc2N2CCOCC2)cc1. The maximum Gasteiger partial charge on any atom is 0.253 e. The van der Waals surface area contributed by atoms with E-state index in [4.69, 9.17) is 4.74 Å². The number of hydrogen-bond donors (Lipinski definition) is 1. The molecule has 0 aliphatic carbocycles. The van der Waals surface area contributed by atoms with Crippen LogP contribution in [0.4, 0.5) is 5.69 Å². The Bertz CT molecular complexity index is 741. The van der Waals surface area contributed by atoms with Crippen molar-refractivity contribution in [2.75, 3.05) is 31.2 Å². The molecule has 1 aliphatic heterocycles. The number of carbonyl (C=O) groups is 1. The highest BCUT2D eigenvalue weighted by atomic mass is 16.5. The molecule has 0 bridgehead atoms. The Morgan fingerprint density at radius 2 is 1.69 bits per heavy atom. The van der Waals surface area contributed by atoms with Crippen LogP contribution in [0, 0.1) is 0 Å². The van der Waals surface area contributed by atoms with Crippen molar-refractivity contribution < 1.29 is 9.53 Å². The first-order valence-electron chi connectivity index (χ1n) is 9.24. The van der Waals surface area contributed by atoms with Gasteiger partial charge < -0.3 is 15.0 Å². The first-order chi connectivity index (χ1) is 12.4. The summed E-state index contributed by atoms with van der Waals surface area (Å²) >= 11 is 0. The Morgan fingerprint density at radius 1 is 1.04 bits per heavy atom. The lowest BCUT2D eigenvalue weighted by Gasteiger charge is -2.30. The molecule has 138 valence electrons. The number of morpholine rings is 1. The summed E-state index contributed by atoms with van der Waals surface area (Å²) in [4.78, 5) is 15.0. The van der Waals surface area contributed by atoms with E-state index in [1.165, 1.54) is 5.56 Å². The molecule has 1 amide bonds. The van der Waals surface area contributed by atoms with Crippen molar-refractivity contribution in [3.8, 4) is 0 Å². The summed E-state index contributed by atoms with van der Waals surface area (Å²) in [5.41, 5.74) is 4.25. The van der Waals surface area contributed by atoms with Gasteiger partial charge >= 0.3 is 0 Å². The molecule has 1 N–H and O–H groups in total. The van der Waals surface area contributed by atoms with Crippen LogP contribution in [0.5, 0.6) is 0 Å². The van der Waals surface area contributed by atoms with Crippen LogP contribution in [0.15, 0.2) is 48.5 Å². The van der Waals surface area contributed by atoms with Crippen molar-refractivity contribution in [1.82, 2.24) is 5.32 Å². The van der Waals surface area contributed by atoms with E-state index in [0.29, 0.717) is 19.8 Å². The molecule has 4 nitrogen and oxygen atoms in total. The number of anilines is 1. The minimum absolute atomic E-state index is 0.0352. The molecule has 0 aromatic heterocycles. The first kappa shape index (κ1) is 18.5. The van der Waals surface area contributed by atoms with Gasteiger partial charge in [0.15, 0.2) is 0 Å². The predicted molar refractivity (Wildman–Crippen MR) is 106 cm³/mol. The molecule has 1 fully saturated rings. The Morgan fingerprint density at radius 3 is 2.35 bits per heavy atom. The Kier molecular flexibility index (Phi) is 5.62. The van der Waals surface area contributed by atoms with E-state index in [9.17, 15) is 4.79 Å². The van der Waals surface area contributed by atoms with Crippen molar-refractivity contribution in [2.24, 2.45) is 0 Å². The van der Waals surface area contributed by atoms with E-state index in [1.807, 2.05) is 24.3 Å². The average Bonchev–Trinajstić information content (AvgIpc) is 2.66. The van der Waals surface area contributed by atoms with Crippen molar-refractivity contribution in [2.45, 2.75) is 32.7 Å². The molecular formula is C22H28N2O2. The highest BCUT2D eigenvalue weighted by molar-refractivity contribution is 5.99. The van der Waals surface area contributed by atoms with E-state index < -0.39 is 0 Å². The fourth-order valence-electron chi connectivity index (χ4n) is 3.15. The highest BCUT2D eigenvalue weighted by Gasteiger charge is 2.18. The Labute approximate surface area is 156 Å². The first-order valence-corrected chi connectivity index (χ1v) is 9.24. The minimum atomic E-state index is -0.0352. The number of amides is 1. The normalized spacial score (nSPS) is 15.0. The van der Waals surface area contributed by atoms with Crippen molar-refractivity contribution in [1.29, 1.82) is 0 Å². The van der Waals surface area contributed by atoms with Crippen LogP contribution in [0.3, 0.4) is 0 Å². The molecule has 1 saturated heterocycles. The molecule has 0 unspecified atom stereocenters. The fraction of sp³-hybridized carbons (Fsp3) is 0.409. The van der Waals surface area contributed by atoms with Crippen LogP contribution in [0.2, 0.25) is 0 Å². The smallest absolute Gasteiger partial charge is 0.253 e. The van der Waals surface area contributed by atoms with Crippen LogP contribution in [0.1, 0.15) is 42.3 Å². The van der Waals surface area contributed by atoms with Gasteiger partial charge in [-0.25, -0.2) is 0 Å². The van der Waals surface area contributed by atoms with E-state index in [1.54, 1.807) is 0 Å². The standard InChI is InChI=1S/C22H28N2O2/c1-22(2,3)18-10-8-17(9-11-18)16-23-21(25)19-6-4-5-7-20(19)24-12-14-26-15-13-24/h4-11H,12-16H2,1-3H3,(H,23,25). The largest absolute Gasteiger partial charge is 0.378 e. The molecule has 1 aliphatic rings. The van der Waals surface area contributed by atoms with Gasteiger partial charge in [0.25, 0.3) is 5.91 Å². The third kappa shape index (κ3) is 4.44. The predicted octanol–water partition coefficient (Wildman–Crippen LogP) is 3.75. The second kappa shape index (κ2) is 7.92. The second-order valence-electron chi connectivity index (χ2n) is 7.75. The number of carbonyl (C=O) groups excluding carboxylic acids is 1. The molecule has 0 spiro atoms. The molecule has 26 heavy (non-hydrogen) atoms. The maximum absolute atomic E-state index is 12.7. The summed E-state index contributed by atoms with van der Waals surface area (Å²) < 4.78 is 5.42. The van der Waals surface area contributed by atoms with E-state index >= 15 is 0 Å². The molecule has 2 aromatic rings. The van der Waals surface area contributed by atoms with Gasteiger partial charge in [0, 0.05) is 25.3 Å². The summed E-state index contributed by atoms with van der Waals surface area (Å²) in [6.07, 6.45) is 0. The van der Waals surface area contributed by atoms with Gasteiger partial charge in [-0.2, -0.15) is 0 Å². The number of nitrogens with zero attached hydrogens (tertiary/aromatic N) is 1.